The molecule has 1 aliphatic heterocycles. The average molecular weight is 296 g/mol. The summed E-state index contributed by atoms with van der Waals surface area (Å²) in [6, 6.07) is 3.60. The van der Waals surface area contributed by atoms with Crippen molar-refractivity contribution in [1.29, 1.82) is 0 Å². The predicted molar refractivity (Wildman–Crippen MR) is 69.8 cm³/mol. The minimum Gasteiger partial charge on any atom is -0.347 e. The number of pyridine rings is 1. The minimum atomic E-state index is -0.142. The van der Waals surface area contributed by atoms with Crippen LogP contribution in [-0.4, -0.2) is 30.5 Å². The highest BCUT2D eigenvalue weighted by Crippen LogP contribution is 2.13. The quantitative estimate of drug-likeness (QED) is 0.831. The molecule has 1 aliphatic rings. The molecule has 1 amide bonds. The molecule has 0 radical (unpaired) electrons. The summed E-state index contributed by atoms with van der Waals surface area (Å²) >= 11 is 3.31. The van der Waals surface area contributed by atoms with Gasteiger partial charge in [0.2, 0.25) is 0 Å². The highest BCUT2D eigenvalue weighted by atomic mass is 79.9. The van der Waals surface area contributed by atoms with E-state index in [1.165, 1.54) is 5.57 Å². The fourth-order valence-corrected chi connectivity index (χ4v) is 2.10. The van der Waals surface area contributed by atoms with Crippen LogP contribution in [0.2, 0.25) is 0 Å². The minimum absolute atomic E-state index is 0.142. The number of nitrogens with zero attached hydrogens (tertiary/aromatic N) is 1. The van der Waals surface area contributed by atoms with Gasteiger partial charge in [0.15, 0.2) is 0 Å². The van der Waals surface area contributed by atoms with E-state index >= 15 is 0 Å². The number of hydrogen-bond donors (Lipinski definition) is 2. The predicted octanol–water partition coefficient (Wildman–Crippen LogP) is 1.49. The Kier molecular flexibility index (Phi) is 4.28. The van der Waals surface area contributed by atoms with Crippen LogP contribution < -0.4 is 10.6 Å². The standard InChI is InChI=1S/C12H14BrN3O/c13-10-2-1-5-15-11(10)12(17)16-8-9-3-6-14-7-4-9/h1-3,5,14H,4,6-8H2,(H,16,17). The van der Waals surface area contributed by atoms with Crippen molar-refractivity contribution in [3.63, 3.8) is 0 Å². The van der Waals surface area contributed by atoms with Crippen LogP contribution in [0.3, 0.4) is 0 Å². The number of amides is 1. The van der Waals surface area contributed by atoms with Gasteiger partial charge < -0.3 is 10.6 Å². The third-order valence-corrected chi connectivity index (χ3v) is 3.25. The van der Waals surface area contributed by atoms with E-state index in [-0.39, 0.29) is 5.91 Å². The molecule has 0 saturated heterocycles. The fraction of sp³-hybridized carbons (Fsp3) is 0.333. The van der Waals surface area contributed by atoms with Crippen molar-refractivity contribution in [1.82, 2.24) is 15.6 Å². The van der Waals surface area contributed by atoms with Gasteiger partial charge in [-0.1, -0.05) is 11.6 Å². The summed E-state index contributed by atoms with van der Waals surface area (Å²) in [5.74, 6) is -0.142. The van der Waals surface area contributed by atoms with Crippen molar-refractivity contribution in [2.75, 3.05) is 19.6 Å². The van der Waals surface area contributed by atoms with E-state index in [9.17, 15) is 4.79 Å². The van der Waals surface area contributed by atoms with Gasteiger partial charge >= 0.3 is 0 Å². The Bertz CT molecular complexity index is 445. The van der Waals surface area contributed by atoms with Crippen LogP contribution in [0.4, 0.5) is 0 Å². The Morgan fingerprint density at radius 3 is 3.18 bits per heavy atom. The zero-order valence-corrected chi connectivity index (χ0v) is 11.0. The molecule has 4 nitrogen and oxygen atoms in total. The van der Waals surface area contributed by atoms with E-state index < -0.39 is 0 Å². The second kappa shape index (κ2) is 5.93. The van der Waals surface area contributed by atoms with Crippen molar-refractivity contribution in [2.45, 2.75) is 6.42 Å². The summed E-state index contributed by atoms with van der Waals surface area (Å²) in [6.07, 6.45) is 4.73. The van der Waals surface area contributed by atoms with E-state index in [0.29, 0.717) is 12.2 Å². The number of hydrogen-bond acceptors (Lipinski definition) is 3. The van der Waals surface area contributed by atoms with E-state index in [1.807, 2.05) is 6.07 Å². The highest BCUT2D eigenvalue weighted by molar-refractivity contribution is 9.10. The Morgan fingerprint density at radius 2 is 2.47 bits per heavy atom. The Morgan fingerprint density at radius 1 is 1.59 bits per heavy atom. The molecule has 0 unspecified atom stereocenters. The van der Waals surface area contributed by atoms with Crippen LogP contribution in [0, 0.1) is 0 Å². The van der Waals surface area contributed by atoms with E-state index in [4.69, 9.17) is 0 Å². The molecule has 2 N–H and O–H groups in total. The summed E-state index contributed by atoms with van der Waals surface area (Å²) in [7, 11) is 0. The molecule has 0 fully saturated rings. The lowest BCUT2D eigenvalue weighted by atomic mass is 10.1. The van der Waals surface area contributed by atoms with Crippen molar-refractivity contribution < 1.29 is 4.79 Å². The Labute approximate surface area is 109 Å². The molecular weight excluding hydrogens is 282 g/mol. The van der Waals surface area contributed by atoms with Crippen LogP contribution in [-0.2, 0) is 0 Å². The summed E-state index contributed by atoms with van der Waals surface area (Å²) < 4.78 is 0.719. The molecule has 17 heavy (non-hydrogen) atoms. The van der Waals surface area contributed by atoms with Crippen LogP contribution in [0.25, 0.3) is 0 Å². The van der Waals surface area contributed by atoms with E-state index in [2.05, 4.69) is 37.6 Å². The number of nitrogens with one attached hydrogen (secondary N) is 2. The first-order chi connectivity index (χ1) is 8.27. The van der Waals surface area contributed by atoms with Gasteiger partial charge in [-0.25, -0.2) is 4.98 Å². The van der Waals surface area contributed by atoms with Gasteiger partial charge in [0, 0.05) is 23.8 Å². The molecule has 0 atom stereocenters. The van der Waals surface area contributed by atoms with E-state index in [1.54, 1.807) is 12.3 Å². The topological polar surface area (TPSA) is 54.0 Å². The summed E-state index contributed by atoms with van der Waals surface area (Å²) in [4.78, 5) is 15.9. The molecule has 2 heterocycles. The van der Waals surface area contributed by atoms with Crippen molar-refractivity contribution in [3.05, 3.63) is 40.1 Å². The van der Waals surface area contributed by atoms with Crippen LogP contribution in [0.5, 0.6) is 0 Å². The third kappa shape index (κ3) is 3.38. The molecule has 1 aromatic heterocycles. The van der Waals surface area contributed by atoms with E-state index in [0.717, 1.165) is 24.0 Å². The molecule has 0 aromatic carbocycles. The van der Waals surface area contributed by atoms with Gasteiger partial charge in [-0.05, 0) is 41.0 Å². The van der Waals surface area contributed by atoms with Crippen molar-refractivity contribution >= 4 is 21.8 Å². The maximum Gasteiger partial charge on any atom is 0.271 e. The molecule has 0 bridgehead atoms. The van der Waals surface area contributed by atoms with Gasteiger partial charge in [0.25, 0.3) is 5.91 Å². The maximum atomic E-state index is 11.9. The summed E-state index contributed by atoms with van der Waals surface area (Å²) in [6.45, 7) is 2.47. The fourth-order valence-electron chi connectivity index (χ4n) is 1.66. The Hall–Kier alpha value is -1.20. The zero-order chi connectivity index (χ0) is 12.1. The smallest absolute Gasteiger partial charge is 0.271 e. The lowest BCUT2D eigenvalue weighted by Gasteiger charge is -2.14. The largest absolute Gasteiger partial charge is 0.347 e. The normalized spacial score (nSPS) is 15.2. The number of carbonyl (C=O) groups excluding carboxylic acids is 1. The molecule has 0 aliphatic carbocycles. The molecule has 0 spiro atoms. The van der Waals surface area contributed by atoms with Crippen LogP contribution >= 0.6 is 15.9 Å². The first kappa shape index (κ1) is 12.3. The van der Waals surface area contributed by atoms with Crippen molar-refractivity contribution in [3.8, 4) is 0 Å². The molecule has 2 rings (SSSR count). The number of carbonyl (C=O) groups is 1. The van der Waals surface area contributed by atoms with Gasteiger partial charge in [-0.3, -0.25) is 4.79 Å². The third-order valence-electron chi connectivity index (χ3n) is 2.61. The van der Waals surface area contributed by atoms with Gasteiger partial charge in [-0.2, -0.15) is 0 Å². The van der Waals surface area contributed by atoms with Gasteiger partial charge in [0.05, 0.1) is 0 Å². The monoisotopic (exact) mass is 295 g/mol. The number of aromatic nitrogens is 1. The average Bonchev–Trinajstić information content (AvgIpc) is 2.38. The zero-order valence-electron chi connectivity index (χ0n) is 9.37. The first-order valence-corrected chi connectivity index (χ1v) is 6.34. The molecule has 5 heteroatoms. The second-order valence-electron chi connectivity index (χ2n) is 3.83. The Balaban J connectivity index is 1.93. The molecule has 0 saturated carbocycles. The molecule has 90 valence electrons. The van der Waals surface area contributed by atoms with Gasteiger partial charge in [-0.15, -0.1) is 0 Å². The summed E-state index contributed by atoms with van der Waals surface area (Å²) in [5, 5.41) is 6.12. The van der Waals surface area contributed by atoms with Crippen molar-refractivity contribution in [2.24, 2.45) is 0 Å². The number of rotatable bonds is 3. The SMILES string of the molecule is O=C(NCC1=CCNCC1)c1ncccc1Br. The molecule has 1 aromatic rings. The highest BCUT2D eigenvalue weighted by Gasteiger charge is 2.11. The lowest BCUT2D eigenvalue weighted by molar-refractivity contribution is 0.0951. The molecular formula is C12H14BrN3O. The second-order valence-corrected chi connectivity index (χ2v) is 4.69. The maximum absolute atomic E-state index is 11.9. The number of halogens is 1. The van der Waals surface area contributed by atoms with Crippen LogP contribution in [0.1, 0.15) is 16.9 Å². The van der Waals surface area contributed by atoms with Gasteiger partial charge in [0.1, 0.15) is 5.69 Å². The van der Waals surface area contributed by atoms with Crippen LogP contribution in [0.15, 0.2) is 34.5 Å². The lowest BCUT2D eigenvalue weighted by Crippen LogP contribution is -2.30. The first-order valence-electron chi connectivity index (χ1n) is 5.54. The summed E-state index contributed by atoms with van der Waals surface area (Å²) in [5.41, 5.74) is 1.70.